The van der Waals surface area contributed by atoms with Crippen LogP contribution in [0.4, 0.5) is 0 Å². The molecule has 0 saturated heterocycles. The van der Waals surface area contributed by atoms with Gasteiger partial charge in [-0.05, 0) is 61.1 Å². The van der Waals surface area contributed by atoms with Crippen molar-refractivity contribution < 1.29 is 22.6 Å². The van der Waals surface area contributed by atoms with Crippen molar-refractivity contribution >= 4 is 10.0 Å². The molecule has 1 aliphatic carbocycles. The molecule has 146 valence electrons. The predicted octanol–water partition coefficient (Wildman–Crippen LogP) is 2.94. The van der Waals surface area contributed by atoms with Gasteiger partial charge in [0.15, 0.2) is 0 Å². The van der Waals surface area contributed by atoms with Gasteiger partial charge in [0.25, 0.3) is 0 Å². The molecule has 0 spiro atoms. The molecule has 0 unspecified atom stereocenters. The molecule has 0 amide bonds. The predicted molar refractivity (Wildman–Crippen MR) is 103 cm³/mol. The van der Waals surface area contributed by atoms with Crippen molar-refractivity contribution in [3.05, 3.63) is 47.5 Å². The first-order valence-electron chi connectivity index (χ1n) is 9.00. The zero-order valence-electron chi connectivity index (χ0n) is 15.7. The molecule has 0 aromatic heterocycles. The summed E-state index contributed by atoms with van der Waals surface area (Å²) in [6.45, 7) is 0.361. The molecule has 1 N–H and O–H groups in total. The lowest BCUT2D eigenvalue weighted by molar-refractivity contribution is 0.319. The first-order chi connectivity index (χ1) is 13.0. The van der Waals surface area contributed by atoms with E-state index in [0.717, 1.165) is 31.2 Å². The molecule has 1 aliphatic rings. The number of hydrogen-bond acceptors (Lipinski definition) is 5. The van der Waals surface area contributed by atoms with Gasteiger partial charge in [0.05, 0.1) is 14.2 Å². The molecule has 0 atom stereocenters. The molecule has 2 aromatic carbocycles. The fraction of sp³-hybridized carbons (Fsp3) is 0.400. The molecule has 7 heteroatoms. The zero-order chi connectivity index (χ0) is 19.3. The van der Waals surface area contributed by atoms with E-state index >= 15 is 0 Å². The van der Waals surface area contributed by atoms with Gasteiger partial charge in [-0.15, -0.1) is 0 Å². The maximum atomic E-state index is 12.7. The summed E-state index contributed by atoms with van der Waals surface area (Å²) in [5.41, 5.74) is 2.27. The number of rotatable bonds is 8. The van der Waals surface area contributed by atoms with Gasteiger partial charge >= 0.3 is 0 Å². The van der Waals surface area contributed by atoms with Crippen molar-refractivity contribution in [1.29, 1.82) is 0 Å². The van der Waals surface area contributed by atoms with Gasteiger partial charge < -0.3 is 14.2 Å². The van der Waals surface area contributed by atoms with Crippen LogP contribution in [0.1, 0.15) is 24.0 Å². The second kappa shape index (κ2) is 8.63. The number of hydrogen-bond donors (Lipinski definition) is 1. The summed E-state index contributed by atoms with van der Waals surface area (Å²) in [5.74, 6) is 1.70. The van der Waals surface area contributed by atoms with Crippen molar-refractivity contribution in [3.8, 4) is 17.2 Å². The summed E-state index contributed by atoms with van der Waals surface area (Å²) in [6, 6.07) is 10.8. The number of methoxy groups -OCH3 is 2. The second-order valence-corrected chi connectivity index (χ2v) is 8.14. The summed E-state index contributed by atoms with van der Waals surface area (Å²) >= 11 is 0. The Morgan fingerprint density at radius 3 is 2.37 bits per heavy atom. The SMILES string of the molecule is COc1cccc(OCCNS(=O)(=O)c2cc3c(cc2OC)CCCC3)c1. The third kappa shape index (κ3) is 4.73. The molecule has 27 heavy (non-hydrogen) atoms. The van der Waals surface area contributed by atoms with E-state index in [1.807, 2.05) is 18.2 Å². The summed E-state index contributed by atoms with van der Waals surface area (Å²) in [5, 5.41) is 0. The van der Waals surface area contributed by atoms with Crippen molar-refractivity contribution in [1.82, 2.24) is 4.72 Å². The molecule has 0 bridgehead atoms. The maximum Gasteiger partial charge on any atom is 0.244 e. The minimum absolute atomic E-state index is 0.153. The lowest BCUT2D eigenvalue weighted by atomic mass is 9.92. The van der Waals surface area contributed by atoms with Crippen molar-refractivity contribution in [2.45, 2.75) is 30.6 Å². The van der Waals surface area contributed by atoms with Crippen LogP contribution in [-0.4, -0.2) is 35.8 Å². The molecular formula is C20H25NO5S. The quantitative estimate of drug-likeness (QED) is 0.701. The number of nitrogens with one attached hydrogen (secondary N) is 1. The highest BCUT2D eigenvalue weighted by molar-refractivity contribution is 7.89. The van der Waals surface area contributed by atoms with Crippen LogP contribution in [0, 0.1) is 0 Å². The van der Waals surface area contributed by atoms with Gasteiger partial charge in [0, 0.05) is 12.6 Å². The zero-order valence-corrected chi connectivity index (χ0v) is 16.5. The Hall–Kier alpha value is -2.25. The first-order valence-corrected chi connectivity index (χ1v) is 10.5. The van der Waals surface area contributed by atoms with Crippen molar-refractivity contribution in [3.63, 3.8) is 0 Å². The van der Waals surface area contributed by atoms with Crippen LogP contribution < -0.4 is 18.9 Å². The second-order valence-electron chi connectivity index (χ2n) is 6.40. The summed E-state index contributed by atoms with van der Waals surface area (Å²) in [4.78, 5) is 0.187. The number of sulfonamides is 1. The Labute approximate surface area is 160 Å². The van der Waals surface area contributed by atoms with E-state index < -0.39 is 10.0 Å². The van der Waals surface area contributed by atoms with Crippen LogP contribution in [-0.2, 0) is 22.9 Å². The molecule has 0 radical (unpaired) electrons. The number of fused-ring (bicyclic) bond motifs is 1. The first kappa shape index (κ1) is 19.5. The van der Waals surface area contributed by atoms with Crippen LogP contribution in [0.2, 0.25) is 0 Å². The Morgan fingerprint density at radius 1 is 0.963 bits per heavy atom. The van der Waals surface area contributed by atoms with E-state index in [0.29, 0.717) is 17.2 Å². The molecule has 0 aliphatic heterocycles. The molecule has 2 aromatic rings. The molecular weight excluding hydrogens is 366 g/mol. The summed E-state index contributed by atoms with van der Waals surface area (Å²) in [7, 11) is -0.605. The van der Waals surface area contributed by atoms with Gasteiger partial charge in [0.2, 0.25) is 10.0 Å². The minimum Gasteiger partial charge on any atom is -0.497 e. The van der Waals surface area contributed by atoms with Crippen LogP contribution in [0.3, 0.4) is 0 Å². The van der Waals surface area contributed by atoms with E-state index in [2.05, 4.69) is 4.72 Å². The van der Waals surface area contributed by atoms with Gasteiger partial charge in [-0.1, -0.05) is 6.07 Å². The van der Waals surface area contributed by atoms with E-state index in [1.54, 1.807) is 25.3 Å². The fourth-order valence-corrected chi connectivity index (χ4v) is 4.44. The average Bonchev–Trinajstić information content (AvgIpc) is 2.70. The number of aryl methyl sites for hydroxylation is 2. The Morgan fingerprint density at radius 2 is 1.67 bits per heavy atom. The third-order valence-electron chi connectivity index (χ3n) is 4.62. The lowest BCUT2D eigenvalue weighted by Gasteiger charge is -2.19. The average molecular weight is 391 g/mol. The Bertz CT molecular complexity index is 895. The van der Waals surface area contributed by atoms with Gasteiger partial charge in [-0.25, -0.2) is 13.1 Å². The number of ether oxygens (including phenoxy) is 3. The Balaban J connectivity index is 1.66. The van der Waals surface area contributed by atoms with Crippen molar-refractivity contribution in [2.75, 3.05) is 27.4 Å². The number of benzene rings is 2. The highest BCUT2D eigenvalue weighted by Gasteiger charge is 2.23. The Kier molecular flexibility index (Phi) is 6.23. The van der Waals surface area contributed by atoms with Crippen LogP contribution in [0.15, 0.2) is 41.3 Å². The highest BCUT2D eigenvalue weighted by atomic mass is 32.2. The molecule has 0 fully saturated rings. The maximum absolute atomic E-state index is 12.7. The van der Waals surface area contributed by atoms with Gasteiger partial charge in [-0.2, -0.15) is 0 Å². The van der Waals surface area contributed by atoms with Gasteiger partial charge in [-0.3, -0.25) is 0 Å². The topological polar surface area (TPSA) is 73.9 Å². The van der Waals surface area contributed by atoms with E-state index in [1.165, 1.54) is 12.7 Å². The van der Waals surface area contributed by atoms with Crippen molar-refractivity contribution in [2.24, 2.45) is 0 Å². The normalized spacial score (nSPS) is 13.7. The summed E-state index contributed by atoms with van der Waals surface area (Å²) < 4.78 is 44.1. The lowest BCUT2D eigenvalue weighted by Crippen LogP contribution is -2.29. The van der Waals surface area contributed by atoms with E-state index in [-0.39, 0.29) is 18.0 Å². The van der Waals surface area contributed by atoms with E-state index in [4.69, 9.17) is 14.2 Å². The highest BCUT2D eigenvalue weighted by Crippen LogP contribution is 2.31. The van der Waals surface area contributed by atoms with Gasteiger partial charge in [0.1, 0.15) is 28.8 Å². The molecule has 3 rings (SSSR count). The fourth-order valence-electron chi connectivity index (χ4n) is 3.22. The van der Waals surface area contributed by atoms with Crippen LogP contribution in [0.5, 0.6) is 17.2 Å². The smallest absolute Gasteiger partial charge is 0.244 e. The minimum atomic E-state index is -3.68. The summed E-state index contributed by atoms with van der Waals surface area (Å²) in [6.07, 6.45) is 4.08. The molecule has 0 heterocycles. The molecule has 0 saturated carbocycles. The van der Waals surface area contributed by atoms with E-state index in [9.17, 15) is 8.42 Å². The third-order valence-corrected chi connectivity index (χ3v) is 6.10. The standard InChI is InChI=1S/C20H25NO5S/c1-24-17-8-5-9-18(14-17)26-11-10-21-27(22,23)20-13-16-7-4-3-6-15(16)12-19(20)25-2/h5,8-9,12-14,21H,3-4,6-7,10-11H2,1-2H3. The van der Waals surface area contributed by atoms with Crippen LogP contribution >= 0.6 is 0 Å². The largest absolute Gasteiger partial charge is 0.497 e. The van der Waals surface area contributed by atoms with Crippen LogP contribution in [0.25, 0.3) is 0 Å². The monoisotopic (exact) mass is 391 g/mol. The molecule has 6 nitrogen and oxygen atoms in total.